The summed E-state index contributed by atoms with van der Waals surface area (Å²) >= 11 is 6.38. The van der Waals surface area contributed by atoms with Crippen molar-refractivity contribution in [2.24, 2.45) is 5.92 Å². The average Bonchev–Trinajstić information content (AvgIpc) is 3.80. The summed E-state index contributed by atoms with van der Waals surface area (Å²) in [5.41, 5.74) is 9.26. The molecule has 5 heterocycles. The van der Waals surface area contributed by atoms with Crippen LogP contribution >= 0.6 is 11.6 Å². The van der Waals surface area contributed by atoms with Crippen molar-refractivity contribution in [1.29, 1.82) is 0 Å². The first kappa shape index (κ1) is 50.6. The van der Waals surface area contributed by atoms with Crippen LogP contribution in [0, 0.1) is 19.8 Å². The van der Waals surface area contributed by atoms with Crippen molar-refractivity contribution in [3.8, 4) is 51.0 Å². The molecule has 70 heavy (non-hydrogen) atoms. The van der Waals surface area contributed by atoms with Gasteiger partial charge in [0.1, 0.15) is 23.9 Å². The van der Waals surface area contributed by atoms with Crippen molar-refractivity contribution in [2.75, 3.05) is 87.5 Å². The zero-order valence-corrected chi connectivity index (χ0v) is 42.9. The van der Waals surface area contributed by atoms with Gasteiger partial charge in [0.05, 0.1) is 69.4 Å². The number of carbonyl (C=O) groups excluding carboxylic acids is 1. The molecule has 6 aromatic rings. The minimum Gasteiger partial charge on any atom is -0.495 e. The van der Waals surface area contributed by atoms with Crippen LogP contribution in [-0.4, -0.2) is 129 Å². The quantitative estimate of drug-likeness (QED) is 0.0973. The Kier molecular flexibility index (Phi) is 16.9. The summed E-state index contributed by atoms with van der Waals surface area (Å²) in [5, 5.41) is 4.77. The topological polar surface area (TPSA) is 126 Å². The van der Waals surface area contributed by atoms with Crippen molar-refractivity contribution in [1.82, 2.24) is 29.4 Å². The second-order valence-electron chi connectivity index (χ2n) is 18.6. The van der Waals surface area contributed by atoms with Crippen LogP contribution in [0.15, 0.2) is 71.3 Å². The number of methoxy groups -OCH3 is 3. The van der Waals surface area contributed by atoms with Crippen molar-refractivity contribution in [2.45, 2.75) is 78.9 Å². The van der Waals surface area contributed by atoms with E-state index in [-0.39, 0.29) is 5.91 Å². The molecule has 14 nitrogen and oxygen atoms in total. The second kappa shape index (κ2) is 23.4. The van der Waals surface area contributed by atoms with Gasteiger partial charge in [0.2, 0.25) is 5.91 Å². The van der Waals surface area contributed by atoms with E-state index in [9.17, 15) is 4.79 Å². The van der Waals surface area contributed by atoms with Crippen LogP contribution in [0.1, 0.15) is 61.5 Å². The van der Waals surface area contributed by atoms with E-state index in [0.717, 1.165) is 132 Å². The smallest absolute Gasteiger partial charge is 0.222 e. The average molecular weight is 978 g/mol. The van der Waals surface area contributed by atoms with Crippen molar-refractivity contribution in [3.63, 3.8) is 0 Å². The van der Waals surface area contributed by atoms with Gasteiger partial charge in [0.25, 0.3) is 0 Å². The Morgan fingerprint density at radius 3 is 2.31 bits per heavy atom. The van der Waals surface area contributed by atoms with Crippen LogP contribution < -0.4 is 23.7 Å². The number of morpholine rings is 1. The SMILES string of the molecule is CCC(=O)N1CCOc2c(cc(-c3ccc(OC)c(OC)c3)cc2OC[C@H]2CCCN(C)C2)C1.COc1ccc(CCc2nc3cc(-c4c(C)noc4C)ccc3n2CC(C)N2CCOCC2)cc1Cl. The number of carbonyl (C=O) groups is 1. The lowest BCUT2D eigenvalue weighted by molar-refractivity contribution is -0.131. The zero-order chi connectivity index (χ0) is 49.3. The number of ether oxygens (including phenoxy) is 6. The van der Waals surface area contributed by atoms with Gasteiger partial charge in [-0.15, -0.1) is 0 Å². The van der Waals surface area contributed by atoms with Crippen molar-refractivity contribution < 1.29 is 37.7 Å². The maximum absolute atomic E-state index is 12.5. The number of benzene rings is 4. The highest BCUT2D eigenvalue weighted by molar-refractivity contribution is 6.32. The van der Waals surface area contributed by atoms with E-state index in [2.05, 4.69) is 63.8 Å². The number of nitrogens with zero attached hydrogens (tertiary/aromatic N) is 6. The van der Waals surface area contributed by atoms with E-state index in [1.165, 1.54) is 12.8 Å². The van der Waals surface area contributed by atoms with Crippen LogP contribution in [0.5, 0.6) is 28.7 Å². The fourth-order valence-corrected chi connectivity index (χ4v) is 10.3. The molecule has 0 spiro atoms. The van der Waals surface area contributed by atoms with Crippen molar-refractivity contribution in [3.05, 3.63) is 100 Å². The highest BCUT2D eigenvalue weighted by Crippen LogP contribution is 2.41. The molecule has 0 saturated carbocycles. The summed E-state index contributed by atoms with van der Waals surface area (Å²) in [6.07, 6.45) is 4.49. The highest BCUT2D eigenvalue weighted by atomic mass is 35.5. The molecule has 374 valence electrons. The Bertz CT molecular complexity index is 2710. The first-order chi connectivity index (χ1) is 34.0. The number of aromatic nitrogens is 3. The van der Waals surface area contributed by atoms with E-state index in [0.29, 0.717) is 67.0 Å². The van der Waals surface area contributed by atoms with E-state index >= 15 is 0 Å². The summed E-state index contributed by atoms with van der Waals surface area (Å²) < 4.78 is 42.2. The third-order valence-corrected chi connectivity index (χ3v) is 14.1. The summed E-state index contributed by atoms with van der Waals surface area (Å²) in [7, 11) is 7.07. The lowest BCUT2D eigenvalue weighted by atomic mass is 9.99. The number of amides is 1. The largest absolute Gasteiger partial charge is 0.495 e. The summed E-state index contributed by atoms with van der Waals surface area (Å²) in [5.74, 6) is 6.05. The van der Waals surface area contributed by atoms with E-state index in [1.54, 1.807) is 21.3 Å². The van der Waals surface area contributed by atoms with Gasteiger partial charge in [-0.2, -0.15) is 0 Å². The number of imidazole rings is 1. The number of piperidine rings is 1. The number of hydrogen-bond donors (Lipinski definition) is 0. The van der Waals surface area contributed by atoms with Gasteiger partial charge in [-0.3, -0.25) is 9.69 Å². The maximum atomic E-state index is 12.5. The van der Waals surface area contributed by atoms with Crippen LogP contribution in [0.2, 0.25) is 5.02 Å². The van der Waals surface area contributed by atoms with Gasteiger partial charge in [0, 0.05) is 68.7 Å². The van der Waals surface area contributed by atoms with Gasteiger partial charge >= 0.3 is 0 Å². The number of fused-ring (bicyclic) bond motifs is 2. The zero-order valence-electron chi connectivity index (χ0n) is 42.1. The number of aryl methyl sites for hydroxylation is 4. The molecule has 0 N–H and O–H groups in total. The fourth-order valence-electron chi connectivity index (χ4n) is 9.97. The molecule has 3 aliphatic heterocycles. The molecule has 0 radical (unpaired) electrons. The number of likely N-dealkylation sites (tertiary alicyclic amines) is 1. The van der Waals surface area contributed by atoms with Gasteiger partial charge in [-0.25, -0.2) is 4.98 Å². The number of rotatable bonds is 15. The summed E-state index contributed by atoms with van der Waals surface area (Å²) in [6, 6.07) is 22.9. The molecule has 2 aromatic heterocycles. The Labute approximate surface area is 417 Å². The number of halogens is 1. The van der Waals surface area contributed by atoms with Crippen LogP contribution in [0.25, 0.3) is 33.3 Å². The first-order valence-corrected chi connectivity index (χ1v) is 25.0. The molecule has 15 heteroatoms. The van der Waals surface area contributed by atoms with Gasteiger partial charge < -0.3 is 47.3 Å². The molecule has 1 unspecified atom stereocenters. The minimum absolute atomic E-state index is 0.126. The van der Waals surface area contributed by atoms with Crippen molar-refractivity contribution >= 4 is 28.5 Å². The standard InChI is InChI=1S/C28H33ClN4O3.C27H36N2O5/c1-18(32-11-13-35-14-12-32)17-33-25-8-7-22(28-19(2)31-36-20(28)3)16-24(25)30-27(33)10-6-21-5-9-26(34-4)23(29)15-21;1-5-26(30)29-11-12-33-27-22(17-29)13-21(20-8-9-23(31-3)24(14-20)32-4)15-25(27)34-18-19-7-6-10-28(2)16-19/h5,7-9,15-16,18H,6,10-14,17H2,1-4H3;8-9,13-15,19H,5-7,10-12,16-18H2,1-4H3/t;19-/m.0/s1. The Hall–Kier alpha value is -5.80. The Morgan fingerprint density at radius 2 is 1.60 bits per heavy atom. The predicted molar refractivity (Wildman–Crippen MR) is 274 cm³/mol. The molecule has 0 bridgehead atoms. The first-order valence-electron chi connectivity index (χ1n) is 24.6. The third-order valence-electron chi connectivity index (χ3n) is 13.8. The van der Waals surface area contributed by atoms with Gasteiger partial charge in [0.15, 0.2) is 23.0 Å². The molecule has 9 rings (SSSR count). The van der Waals surface area contributed by atoms with Crippen LogP contribution in [0.3, 0.4) is 0 Å². The second-order valence-corrected chi connectivity index (χ2v) is 19.0. The minimum atomic E-state index is 0.126. The predicted octanol–water partition coefficient (Wildman–Crippen LogP) is 9.70. The van der Waals surface area contributed by atoms with Crippen LogP contribution in [-0.2, 0) is 35.5 Å². The number of hydrogen-bond acceptors (Lipinski definition) is 12. The normalized spacial score (nSPS) is 16.9. The maximum Gasteiger partial charge on any atom is 0.222 e. The van der Waals surface area contributed by atoms with E-state index in [1.807, 2.05) is 62.1 Å². The Balaban J connectivity index is 0.000000189. The molecule has 4 aromatic carbocycles. The fraction of sp³-hybridized carbons (Fsp3) is 0.473. The molecule has 2 fully saturated rings. The lowest BCUT2D eigenvalue weighted by Gasteiger charge is -2.32. The van der Waals surface area contributed by atoms with Gasteiger partial charge in [-0.1, -0.05) is 41.9 Å². The molecule has 1 amide bonds. The molecular formula is C55H69ClN6O8. The van der Waals surface area contributed by atoms with Gasteiger partial charge in [-0.05, 0) is 124 Å². The summed E-state index contributed by atoms with van der Waals surface area (Å²) in [4.78, 5) is 24.3. The molecule has 3 aliphatic rings. The molecule has 2 atom stereocenters. The van der Waals surface area contributed by atoms with E-state index in [4.69, 9.17) is 49.5 Å². The highest BCUT2D eigenvalue weighted by Gasteiger charge is 2.26. The van der Waals surface area contributed by atoms with Crippen LogP contribution in [0.4, 0.5) is 0 Å². The molecule has 0 aliphatic carbocycles. The van der Waals surface area contributed by atoms with E-state index < -0.39 is 0 Å². The third kappa shape index (κ3) is 11.9. The monoisotopic (exact) mass is 976 g/mol. The Morgan fingerprint density at radius 1 is 0.843 bits per heavy atom. The molecular weight excluding hydrogens is 908 g/mol. The summed E-state index contributed by atoms with van der Waals surface area (Å²) in [6.45, 7) is 16.9. The lowest BCUT2D eigenvalue weighted by Crippen LogP contribution is -2.44. The molecule has 2 saturated heterocycles.